The maximum Gasteiger partial charge on any atom is 0.291 e. The summed E-state index contributed by atoms with van der Waals surface area (Å²) in [7, 11) is 1.73. The van der Waals surface area contributed by atoms with Crippen molar-refractivity contribution in [2.24, 2.45) is 5.92 Å². The van der Waals surface area contributed by atoms with Gasteiger partial charge in [0, 0.05) is 32.9 Å². The van der Waals surface area contributed by atoms with Gasteiger partial charge in [-0.1, -0.05) is 30.3 Å². The first-order valence-electron chi connectivity index (χ1n) is 11.7. The molecular weight excluding hydrogens is 434 g/mol. The van der Waals surface area contributed by atoms with E-state index in [0.29, 0.717) is 25.4 Å². The minimum absolute atomic E-state index is 0.0483. The van der Waals surface area contributed by atoms with Crippen LogP contribution in [0.1, 0.15) is 41.1 Å². The van der Waals surface area contributed by atoms with Crippen LogP contribution in [0.15, 0.2) is 42.7 Å². The molecule has 2 amide bonds. The summed E-state index contributed by atoms with van der Waals surface area (Å²) in [6.45, 7) is 2.66. The maximum absolute atomic E-state index is 13.1. The first-order valence-corrected chi connectivity index (χ1v) is 11.7. The number of benzene rings is 1. The Balaban J connectivity index is 1.22. The number of nitrogens with one attached hydrogen (secondary N) is 1. The second-order valence-corrected chi connectivity index (χ2v) is 8.94. The van der Waals surface area contributed by atoms with Crippen LogP contribution in [-0.4, -0.2) is 62.7 Å². The van der Waals surface area contributed by atoms with Gasteiger partial charge in [-0.3, -0.25) is 14.5 Å². The van der Waals surface area contributed by atoms with E-state index in [1.165, 1.54) is 6.33 Å². The molecule has 34 heavy (non-hydrogen) atoms. The molecule has 4 heterocycles. The normalized spacial score (nSPS) is 19.0. The third-order valence-corrected chi connectivity index (χ3v) is 6.48. The third-order valence-electron chi connectivity index (χ3n) is 6.48. The summed E-state index contributed by atoms with van der Waals surface area (Å²) < 4.78 is 8.93. The Morgan fingerprint density at radius 3 is 2.74 bits per heavy atom. The quantitative estimate of drug-likeness (QED) is 0.596. The number of fused-ring (bicyclic) bond motifs is 1. The van der Waals surface area contributed by atoms with Gasteiger partial charge in [0.25, 0.3) is 11.8 Å². The first kappa shape index (κ1) is 22.3. The van der Waals surface area contributed by atoms with Crippen LogP contribution >= 0.6 is 0 Å². The largest absolute Gasteiger partial charge is 0.381 e. The smallest absolute Gasteiger partial charge is 0.291 e. The zero-order valence-corrected chi connectivity index (χ0v) is 19.3. The summed E-state index contributed by atoms with van der Waals surface area (Å²) in [4.78, 5) is 31.6. The number of aromatic nitrogens is 5. The highest BCUT2D eigenvalue weighted by atomic mass is 16.5. The van der Waals surface area contributed by atoms with Gasteiger partial charge in [0.2, 0.25) is 5.82 Å². The van der Waals surface area contributed by atoms with Gasteiger partial charge in [0.1, 0.15) is 18.2 Å². The second-order valence-electron chi connectivity index (χ2n) is 8.94. The third kappa shape index (κ3) is 4.86. The van der Waals surface area contributed by atoms with Gasteiger partial charge in [0.05, 0.1) is 12.2 Å². The number of aryl methyl sites for hydroxylation is 1. The Hall–Kier alpha value is -3.53. The summed E-state index contributed by atoms with van der Waals surface area (Å²) >= 11 is 0. The van der Waals surface area contributed by atoms with Crippen molar-refractivity contribution in [3.8, 4) is 0 Å². The highest BCUT2D eigenvalue weighted by molar-refractivity contribution is 6.00. The average molecular weight is 464 g/mol. The number of carbonyl (C=O) groups is 2. The number of amides is 2. The Morgan fingerprint density at radius 2 is 1.94 bits per heavy atom. The molecular formula is C24H29N7O3. The van der Waals surface area contributed by atoms with Crippen LogP contribution in [0.25, 0.3) is 0 Å². The lowest BCUT2D eigenvalue weighted by molar-refractivity contribution is -0.120. The highest BCUT2D eigenvalue weighted by Gasteiger charge is 2.31. The highest BCUT2D eigenvalue weighted by Crippen LogP contribution is 2.25. The molecule has 2 aliphatic rings. The van der Waals surface area contributed by atoms with E-state index in [9.17, 15) is 9.59 Å². The van der Waals surface area contributed by atoms with Crippen molar-refractivity contribution >= 4 is 17.6 Å². The SMILES string of the molecule is CN1C(=O)[C@@H](NC(=O)c2ncn(Cc3ccccc3)n2)CCn2nc(CC3CCOCC3)cc21. The van der Waals surface area contributed by atoms with Crippen LogP contribution in [0.2, 0.25) is 0 Å². The number of anilines is 1. The van der Waals surface area contributed by atoms with Gasteiger partial charge in [-0.2, -0.15) is 5.10 Å². The molecule has 10 heteroatoms. The number of carbonyl (C=O) groups excluding carboxylic acids is 2. The molecule has 0 radical (unpaired) electrons. The summed E-state index contributed by atoms with van der Waals surface area (Å²) in [5.74, 6) is 0.739. The van der Waals surface area contributed by atoms with E-state index in [-0.39, 0.29) is 11.7 Å². The van der Waals surface area contributed by atoms with Gasteiger partial charge in [0.15, 0.2) is 0 Å². The molecule has 0 aliphatic carbocycles. The molecule has 0 bridgehead atoms. The standard InChI is InChI=1S/C24H29N7O3/c1-29-21-14-19(13-17-8-11-34-12-9-17)27-31(21)10-7-20(24(29)33)26-23(32)22-25-16-30(28-22)15-18-5-3-2-4-6-18/h2-6,14,16-17,20H,7-13,15H2,1H3,(H,26,32)/t20-/m0/s1. The molecule has 1 saturated heterocycles. The first-order chi connectivity index (χ1) is 16.6. The fourth-order valence-corrected chi connectivity index (χ4v) is 4.56. The van der Waals surface area contributed by atoms with Crippen LogP contribution in [0.3, 0.4) is 0 Å². The molecule has 0 saturated carbocycles. The van der Waals surface area contributed by atoms with Crippen LogP contribution in [0.5, 0.6) is 0 Å². The summed E-state index contributed by atoms with van der Waals surface area (Å²) in [6.07, 6.45) is 4.95. The number of hydrogen-bond donors (Lipinski definition) is 1. The molecule has 1 N–H and O–H groups in total. The van der Waals surface area contributed by atoms with Gasteiger partial charge >= 0.3 is 0 Å². The summed E-state index contributed by atoms with van der Waals surface area (Å²) in [5, 5.41) is 11.8. The number of likely N-dealkylation sites (N-methyl/N-ethyl adjacent to an activating group) is 1. The van der Waals surface area contributed by atoms with E-state index in [0.717, 1.165) is 49.6 Å². The van der Waals surface area contributed by atoms with E-state index in [1.54, 1.807) is 16.6 Å². The zero-order chi connectivity index (χ0) is 23.5. The molecule has 1 atom stereocenters. The number of ether oxygens (including phenoxy) is 1. The molecule has 1 fully saturated rings. The van der Waals surface area contributed by atoms with Crippen LogP contribution < -0.4 is 10.2 Å². The molecule has 2 aromatic heterocycles. The van der Waals surface area contributed by atoms with Gasteiger partial charge in [-0.25, -0.2) is 14.3 Å². The van der Waals surface area contributed by atoms with E-state index in [2.05, 4.69) is 15.4 Å². The topological polar surface area (TPSA) is 107 Å². The number of hydrogen-bond acceptors (Lipinski definition) is 6. The summed E-state index contributed by atoms with van der Waals surface area (Å²) in [6, 6.07) is 11.1. The lowest BCUT2D eigenvalue weighted by Gasteiger charge is -2.21. The number of nitrogens with zero attached hydrogens (tertiary/aromatic N) is 6. The van der Waals surface area contributed by atoms with E-state index in [4.69, 9.17) is 9.84 Å². The van der Waals surface area contributed by atoms with Gasteiger partial charge in [-0.15, -0.1) is 5.10 Å². The molecule has 2 aliphatic heterocycles. The fraction of sp³-hybridized carbons (Fsp3) is 0.458. The van der Waals surface area contributed by atoms with E-state index in [1.807, 2.05) is 41.1 Å². The predicted molar refractivity (Wildman–Crippen MR) is 124 cm³/mol. The van der Waals surface area contributed by atoms with Crippen molar-refractivity contribution in [2.45, 2.75) is 44.8 Å². The van der Waals surface area contributed by atoms with Crippen molar-refractivity contribution < 1.29 is 14.3 Å². The van der Waals surface area contributed by atoms with E-state index < -0.39 is 11.9 Å². The van der Waals surface area contributed by atoms with Crippen molar-refractivity contribution in [3.05, 3.63) is 59.8 Å². The fourth-order valence-electron chi connectivity index (χ4n) is 4.56. The zero-order valence-electron chi connectivity index (χ0n) is 19.3. The van der Waals surface area contributed by atoms with Crippen molar-refractivity contribution in [2.75, 3.05) is 25.2 Å². The molecule has 1 aromatic carbocycles. The predicted octanol–water partition coefficient (Wildman–Crippen LogP) is 1.66. The second kappa shape index (κ2) is 9.76. The van der Waals surface area contributed by atoms with Gasteiger partial charge in [-0.05, 0) is 37.2 Å². The lowest BCUT2D eigenvalue weighted by Crippen LogP contribution is -2.47. The molecule has 10 nitrogen and oxygen atoms in total. The molecule has 0 spiro atoms. The minimum Gasteiger partial charge on any atom is -0.381 e. The average Bonchev–Trinajstić information content (AvgIpc) is 3.47. The molecule has 5 rings (SSSR count). The molecule has 178 valence electrons. The monoisotopic (exact) mass is 463 g/mol. The van der Waals surface area contributed by atoms with Crippen molar-refractivity contribution in [3.63, 3.8) is 0 Å². The number of rotatable bonds is 6. The molecule has 0 unspecified atom stereocenters. The molecule has 3 aromatic rings. The van der Waals surface area contributed by atoms with Crippen LogP contribution in [-0.2, 0) is 29.0 Å². The Morgan fingerprint density at radius 1 is 1.15 bits per heavy atom. The van der Waals surface area contributed by atoms with Crippen molar-refractivity contribution in [1.82, 2.24) is 29.9 Å². The van der Waals surface area contributed by atoms with Crippen LogP contribution in [0, 0.1) is 5.92 Å². The van der Waals surface area contributed by atoms with Crippen LogP contribution in [0.4, 0.5) is 5.82 Å². The lowest BCUT2D eigenvalue weighted by atomic mass is 9.95. The minimum atomic E-state index is -0.667. The Bertz CT molecular complexity index is 1150. The summed E-state index contributed by atoms with van der Waals surface area (Å²) in [5.41, 5.74) is 2.06. The van der Waals surface area contributed by atoms with Crippen molar-refractivity contribution in [1.29, 1.82) is 0 Å². The Kier molecular flexibility index (Phi) is 6.39. The maximum atomic E-state index is 13.1. The van der Waals surface area contributed by atoms with Gasteiger partial charge < -0.3 is 10.1 Å². The Labute approximate surface area is 197 Å². The van der Waals surface area contributed by atoms with E-state index >= 15 is 0 Å².